The SMILES string of the molecule is NS(=O)(=O)c1ccc(NC(=S)NN=C2C(=O)N(Cc3cccc4ccccc34)c3ccc(Br)cc32)cc1. The van der Waals surface area contributed by atoms with E-state index in [9.17, 15) is 13.2 Å². The maximum absolute atomic E-state index is 13.5. The van der Waals surface area contributed by atoms with Gasteiger partial charge in [-0.15, -0.1) is 0 Å². The highest BCUT2D eigenvalue weighted by Crippen LogP contribution is 2.34. The largest absolute Gasteiger partial charge is 0.331 e. The third-order valence-electron chi connectivity index (χ3n) is 5.87. The van der Waals surface area contributed by atoms with Gasteiger partial charge in [0.05, 0.1) is 17.1 Å². The van der Waals surface area contributed by atoms with Crippen molar-refractivity contribution >= 4 is 77.0 Å². The smallest absolute Gasteiger partial charge is 0.279 e. The molecule has 186 valence electrons. The van der Waals surface area contributed by atoms with E-state index < -0.39 is 10.0 Å². The molecular weight excluding hydrogens is 574 g/mol. The topological polar surface area (TPSA) is 117 Å². The lowest BCUT2D eigenvalue weighted by Crippen LogP contribution is -2.32. The van der Waals surface area contributed by atoms with Crippen LogP contribution in [0.4, 0.5) is 11.4 Å². The van der Waals surface area contributed by atoms with Gasteiger partial charge in [0.2, 0.25) is 10.0 Å². The maximum atomic E-state index is 13.5. The summed E-state index contributed by atoms with van der Waals surface area (Å²) in [4.78, 5) is 15.2. The van der Waals surface area contributed by atoms with Crippen molar-refractivity contribution in [1.82, 2.24) is 5.43 Å². The predicted molar refractivity (Wildman–Crippen MR) is 153 cm³/mol. The fraction of sp³-hybridized carbons (Fsp3) is 0.0385. The second-order valence-corrected chi connectivity index (χ2v) is 11.2. The number of amides is 1. The van der Waals surface area contributed by atoms with E-state index in [1.807, 2.05) is 60.7 Å². The minimum atomic E-state index is -3.79. The van der Waals surface area contributed by atoms with Gasteiger partial charge in [0.15, 0.2) is 10.8 Å². The van der Waals surface area contributed by atoms with Crippen LogP contribution in [0.25, 0.3) is 10.8 Å². The van der Waals surface area contributed by atoms with Crippen LogP contribution in [-0.4, -0.2) is 25.1 Å². The fourth-order valence-corrected chi connectivity index (χ4v) is 5.19. The molecule has 0 fully saturated rings. The third kappa shape index (κ3) is 5.25. The Bertz CT molecular complexity index is 1680. The summed E-state index contributed by atoms with van der Waals surface area (Å²) in [5.74, 6) is -0.256. The van der Waals surface area contributed by atoms with Crippen LogP contribution in [0.15, 0.2) is 99.4 Å². The Kier molecular flexibility index (Phi) is 6.78. The van der Waals surface area contributed by atoms with Crippen molar-refractivity contribution in [2.24, 2.45) is 10.2 Å². The van der Waals surface area contributed by atoms with E-state index in [1.165, 1.54) is 24.3 Å². The maximum Gasteiger partial charge on any atom is 0.279 e. The first-order valence-corrected chi connectivity index (χ1v) is 13.8. The molecule has 4 aromatic rings. The first-order valence-electron chi connectivity index (χ1n) is 11.1. The van der Waals surface area contributed by atoms with Crippen LogP contribution in [0, 0.1) is 0 Å². The summed E-state index contributed by atoms with van der Waals surface area (Å²) in [7, 11) is -3.79. The number of halogens is 1. The standard InChI is InChI=1S/C26H20BrN5O3S2/c27-18-8-13-23-22(14-18)24(30-31-26(36)29-19-9-11-20(12-10-19)37(28,34)35)25(33)32(23)15-17-6-3-5-16-4-1-2-7-21(16)17/h1-14H,15H2,(H2,28,34,35)(H2,29,31,36). The van der Waals surface area contributed by atoms with Crippen molar-refractivity contribution in [2.45, 2.75) is 11.4 Å². The van der Waals surface area contributed by atoms with Gasteiger partial charge in [0.25, 0.3) is 5.91 Å². The van der Waals surface area contributed by atoms with Gasteiger partial charge in [-0.1, -0.05) is 58.4 Å². The van der Waals surface area contributed by atoms with E-state index in [2.05, 4.69) is 31.8 Å². The highest BCUT2D eigenvalue weighted by molar-refractivity contribution is 9.10. The number of hydrogen-bond acceptors (Lipinski definition) is 5. The van der Waals surface area contributed by atoms with Crippen molar-refractivity contribution < 1.29 is 13.2 Å². The number of primary sulfonamides is 1. The number of hydrazone groups is 1. The van der Waals surface area contributed by atoms with E-state index in [1.54, 1.807) is 4.90 Å². The molecule has 0 saturated carbocycles. The highest BCUT2D eigenvalue weighted by atomic mass is 79.9. The van der Waals surface area contributed by atoms with Gasteiger partial charge >= 0.3 is 0 Å². The summed E-state index contributed by atoms with van der Waals surface area (Å²) in [6.07, 6.45) is 0. The predicted octanol–water partition coefficient (Wildman–Crippen LogP) is 4.49. The third-order valence-corrected chi connectivity index (χ3v) is 7.49. The Balaban J connectivity index is 1.39. The Morgan fingerprint density at radius 2 is 1.73 bits per heavy atom. The number of rotatable bonds is 5. The fourth-order valence-electron chi connectivity index (χ4n) is 4.15. The molecule has 0 aliphatic carbocycles. The molecule has 4 N–H and O–H groups in total. The number of hydrogen-bond donors (Lipinski definition) is 3. The molecule has 11 heteroatoms. The van der Waals surface area contributed by atoms with Crippen molar-refractivity contribution in [3.05, 3.63) is 101 Å². The number of nitrogens with zero attached hydrogens (tertiary/aromatic N) is 2. The van der Waals surface area contributed by atoms with Crippen molar-refractivity contribution in [3.8, 4) is 0 Å². The van der Waals surface area contributed by atoms with Gasteiger partial charge in [-0.3, -0.25) is 10.2 Å². The average Bonchev–Trinajstić information content (AvgIpc) is 3.12. The van der Waals surface area contributed by atoms with Crippen LogP contribution in [0.3, 0.4) is 0 Å². The van der Waals surface area contributed by atoms with E-state index in [0.717, 1.165) is 26.5 Å². The summed E-state index contributed by atoms with van der Waals surface area (Å²) in [6.45, 7) is 0.382. The Hall–Kier alpha value is -3.64. The molecule has 1 amide bonds. The number of carbonyl (C=O) groups is 1. The van der Waals surface area contributed by atoms with Crippen LogP contribution < -0.4 is 20.8 Å². The number of thiocarbonyl (C=S) groups is 1. The molecule has 0 unspecified atom stereocenters. The van der Waals surface area contributed by atoms with Gasteiger partial charge in [0.1, 0.15) is 0 Å². The number of sulfonamides is 1. The lowest BCUT2D eigenvalue weighted by atomic mass is 10.0. The van der Waals surface area contributed by atoms with Gasteiger partial charge in [0, 0.05) is 15.7 Å². The molecule has 5 rings (SSSR count). The van der Waals surface area contributed by atoms with E-state index in [4.69, 9.17) is 17.4 Å². The normalized spacial score (nSPS) is 14.2. The molecule has 4 aromatic carbocycles. The Labute approximate surface area is 227 Å². The molecule has 0 atom stereocenters. The zero-order valence-corrected chi connectivity index (χ0v) is 22.4. The molecule has 1 aliphatic heterocycles. The van der Waals surface area contributed by atoms with Crippen LogP contribution in [-0.2, 0) is 21.4 Å². The van der Waals surface area contributed by atoms with E-state index in [-0.39, 0.29) is 21.6 Å². The van der Waals surface area contributed by atoms with E-state index in [0.29, 0.717) is 17.8 Å². The molecular formula is C26H20BrN5O3S2. The number of fused-ring (bicyclic) bond motifs is 2. The summed E-state index contributed by atoms with van der Waals surface area (Å²) >= 11 is 8.80. The number of benzene rings is 4. The minimum Gasteiger partial charge on any atom is -0.331 e. The Morgan fingerprint density at radius 1 is 1.00 bits per heavy atom. The molecule has 0 saturated heterocycles. The molecule has 0 aromatic heterocycles. The van der Waals surface area contributed by atoms with Gasteiger partial charge in [-0.05, 0) is 71.0 Å². The monoisotopic (exact) mass is 593 g/mol. The van der Waals surface area contributed by atoms with Crippen molar-refractivity contribution in [3.63, 3.8) is 0 Å². The Morgan fingerprint density at radius 3 is 2.49 bits per heavy atom. The van der Waals surface area contributed by atoms with Crippen molar-refractivity contribution in [2.75, 3.05) is 10.2 Å². The van der Waals surface area contributed by atoms with Crippen LogP contribution in [0.5, 0.6) is 0 Å². The van der Waals surface area contributed by atoms with Gasteiger partial charge in [-0.2, -0.15) is 5.10 Å². The summed E-state index contributed by atoms with van der Waals surface area (Å²) in [5.41, 5.74) is 5.93. The van der Waals surface area contributed by atoms with Gasteiger partial charge < -0.3 is 10.2 Å². The minimum absolute atomic E-state index is 0.0119. The van der Waals surface area contributed by atoms with Gasteiger partial charge in [-0.25, -0.2) is 13.6 Å². The number of nitrogens with two attached hydrogens (primary N) is 1. The van der Waals surface area contributed by atoms with Crippen LogP contribution >= 0.6 is 28.1 Å². The molecule has 8 nitrogen and oxygen atoms in total. The number of carbonyl (C=O) groups excluding carboxylic acids is 1. The number of nitrogens with one attached hydrogen (secondary N) is 2. The number of anilines is 2. The first-order chi connectivity index (χ1) is 17.7. The lowest BCUT2D eigenvalue weighted by Gasteiger charge is -2.18. The average molecular weight is 595 g/mol. The molecule has 0 bridgehead atoms. The first kappa shape index (κ1) is 25.0. The summed E-state index contributed by atoms with van der Waals surface area (Å²) in [6, 6.07) is 25.5. The summed E-state index contributed by atoms with van der Waals surface area (Å²) < 4.78 is 23.7. The molecule has 37 heavy (non-hydrogen) atoms. The quantitative estimate of drug-likeness (QED) is 0.232. The second kappa shape index (κ2) is 10.0. The zero-order valence-electron chi connectivity index (χ0n) is 19.2. The van der Waals surface area contributed by atoms with Crippen LogP contribution in [0.2, 0.25) is 0 Å². The summed E-state index contributed by atoms with van der Waals surface area (Å²) in [5, 5.41) is 14.7. The lowest BCUT2D eigenvalue weighted by molar-refractivity contribution is -0.112. The zero-order chi connectivity index (χ0) is 26.2. The molecule has 1 heterocycles. The van der Waals surface area contributed by atoms with E-state index >= 15 is 0 Å². The second-order valence-electron chi connectivity index (χ2n) is 8.29. The van der Waals surface area contributed by atoms with Crippen LogP contribution in [0.1, 0.15) is 11.1 Å². The molecule has 1 aliphatic rings. The van der Waals surface area contributed by atoms with Crippen molar-refractivity contribution in [1.29, 1.82) is 0 Å². The molecule has 0 radical (unpaired) electrons. The highest BCUT2D eigenvalue weighted by Gasteiger charge is 2.34. The molecule has 0 spiro atoms.